The summed E-state index contributed by atoms with van der Waals surface area (Å²) in [7, 11) is -1.66. The van der Waals surface area contributed by atoms with Crippen molar-refractivity contribution in [2.75, 3.05) is 12.5 Å². The Labute approximate surface area is 187 Å². The lowest BCUT2D eigenvalue weighted by Crippen LogP contribution is -2.36. The number of rotatable bonds is 20. The van der Waals surface area contributed by atoms with Gasteiger partial charge in [-0.1, -0.05) is 70.4 Å². The maximum absolute atomic E-state index is 11.8. The Balaban J connectivity index is 3.45. The lowest BCUT2D eigenvalue weighted by atomic mass is 10.1. The molecule has 29 heavy (non-hydrogen) atoms. The SMILES string of the molecule is CCCCCCCC/C=C\CCCCCCCC(=O)OC[C@H](CCl)O[Si](C)(C)C. The van der Waals surface area contributed by atoms with E-state index in [0.717, 1.165) is 12.8 Å². The van der Waals surface area contributed by atoms with Crippen molar-refractivity contribution in [2.24, 2.45) is 0 Å². The van der Waals surface area contributed by atoms with Crippen molar-refractivity contribution in [2.45, 2.75) is 123 Å². The Morgan fingerprint density at radius 3 is 1.90 bits per heavy atom. The summed E-state index contributed by atoms with van der Waals surface area (Å²) < 4.78 is 11.2. The van der Waals surface area contributed by atoms with Gasteiger partial charge in [0.15, 0.2) is 8.32 Å². The highest BCUT2D eigenvalue weighted by Gasteiger charge is 2.21. The van der Waals surface area contributed by atoms with Crippen LogP contribution >= 0.6 is 11.6 Å². The Hall–Kier alpha value is -0.323. The number of hydrogen-bond acceptors (Lipinski definition) is 3. The molecule has 0 amide bonds. The lowest BCUT2D eigenvalue weighted by Gasteiger charge is -2.24. The van der Waals surface area contributed by atoms with E-state index >= 15 is 0 Å². The van der Waals surface area contributed by atoms with Gasteiger partial charge < -0.3 is 9.16 Å². The van der Waals surface area contributed by atoms with Crippen LogP contribution in [0.5, 0.6) is 0 Å². The lowest BCUT2D eigenvalue weighted by molar-refractivity contribution is -0.146. The Bertz CT molecular complexity index is 407. The fraction of sp³-hybridized carbons (Fsp3) is 0.875. The van der Waals surface area contributed by atoms with Crippen molar-refractivity contribution in [1.82, 2.24) is 0 Å². The third kappa shape index (κ3) is 22.2. The van der Waals surface area contributed by atoms with E-state index in [1.54, 1.807) is 0 Å². The zero-order valence-electron chi connectivity index (χ0n) is 19.6. The van der Waals surface area contributed by atoms with Gasteiger partial charge in [-0.25, -0.2) is 0 Å². The highest BCUT2D eigenvalue weighted by Crippen LogP contribution is 2.12. The summed E-state index contributed by atoms with van der Waals surface area (Å²) in [6, 6.07) is 0. The first-order chi connectivity index (χ1) is 13.9. The molecule has 0 aliphatic rings. The van der Waals surface area contributed by atoms with E-state index in [2.05, 4.69) is 38.7 Å². The zero-order valence-corrected chi connectivity index (χ0v) is 21.4. The molecule has 0 aromatic carbocycles. The number of ether oxygens (including phenoxy) is 1. The first-order valence-electron chi connectivity index (χ1n) is 11.9. The van der Waals surface area contributed by atoms with Crippen LogP contribution in [0.3, 0.4) is 0 Å². The normalized spacial score (nSPS) is 13.1. The smallest absolute Gasteiger partial charge is 0.305 e. The quantitative estimate of drug-likeness (QED) is 0.0623. The van der Waals surface area contributed by atoms with Crippen molar-refractivity contribution < 1.29 is 14.0 Å². The minimum atomic E-state index is -1.66. The van der Waals surface area contributed by atoms with E-state index in [4.69, 9.17) is 20.8 Å². The minimum absolute atomic E-state index is 0.128. The van der Waals surface area contributed by atoms with Gasteiger partial charge >= 0.3 is 5.97 Å². The number of unbranched alkanes of at least 4 members (excludes halogenated alkanes) is 11. The van der Waals surface area contributed by atoms with Crippen molar-refractivity contribution in [3.63, 3.8) is 0 Å². The molecule has 1 atom stereocenters. The van der Waals surface area contributed by atoms with E-state index in [0.29, 0.717) is 12.3 Å². The summed E-state index contributed by atoms with van der Waals surface area (Å²) in [6.07, 6.45) is 21.4. The van der Waals surface area contributed by atoms with Gasteiger partial charge in [0.2, 0.25) is 0 Å². The standard InChI is InChI=1S/C24H47ClO3Si/c1-5-6-7-8-9-10-11-12-13-14-15-16-17-18-19-20-24(26)27-22-23(21-25)28-29(2,3)4/h12-13,23H,5-11,14-22H2,1-4H3/b13-12-/t23-/m0/s1. The number of halogens is 1. The third-order valence-electron chi connectivity index (χ3n) is 4.77. The van der Waals surface area contributed by atoms with Gasteiger partial charge in [-0.2, -0.15) is 0 Å². The highest BCUT2D eigenvalue weighted by atomic mass is 35.5. The summed E-state index contributed by atoms with van der Waals surface area (Å²) in [6.45, 7) is 8.87. The van der Waals surface area contributed by atoms with Gasteiger partial charge in [-0.15, -0.1) is 11.6 Å². The average Bonchev–Trinajstić information content (AvgIpc) is 2.67. The molecule has 0 aliphatic carbocycles. The number of hydrogen-bond donors (Lipinski definition) is 0. The Kier molecular flexibility index (Phi) is 19.4. The monoisotopic (exact) mass is 446 g/mol. The molecule has 0 saturated heterocycles. The van der Waals surface area contributed by atoms with Gasteiger partial charge in [0.25, 0.3) is 0 Å². The molecule has 0 fully saturated rings. The van der Waals surface area contributed by atoms with Crippen LogP contribution in [0.4, 0.5) is 0 Å². The molecule has 0 aliphatic heterocycles. The summed E-state index contributed by atoms with van der Waals surface area (Å²) in [4.78, 5) is 11.8. The maximum atomic E-state index is 11.8. The molecule has 0 radical (unpaired) electrons. The second-order valence-corrected chi connectivity index (χ2v) is 13.8. The molecule has 0 aromatic heterocycles. The molecule has 3 nitrogen and oxygen atoms in total. The van der Waals surface area contributed by atoms with E-state index in [-0.39, 0.29) is 18.7 Å². The summed E-state index contributed by atoms with van der Waals surface area (Å²) in [5, 5.41) is 0. The van der Waals surface area contributed by atoms with Crippen LogP contribution in [0, 0.1) is 0 Å². The van der Waals surface area contributed by atoms with E-state index in [1.807, 2.05) is 0 Å². The number of allylic oxidation sites excluding steroid dienone is 2. The summed E-state index contributed by atoms with van der Waals surface area (Å²) >= 11 is 5.90. The first-order valence-corrected chi connectivity index (χ1v) is 15.9. The van der Waals surface area contributed by atoms with Gasteiger partial charge in [0, 0.05) is 6.42 Å². The minimum Gasteiger partial charge on any atom is -0.463 e. The molecule has 5 heteroatoms. The molecule has 0 aromatic rings. The second kappa shape index (κ2) is 19.6. The van der Waals surface area contributed by atoms with Crippen LogP contribution in [0.1, 0.15) is 96.8 Å². The van der Waals surface area contributed by atoms with E-state index in [9.17, 15) is 4.79 Å². The predicted molar refractivity (Wildman–Crippen MR) is 129 cm³/mol. The fourth-order valence-electron chi connectivity index (χ4n) is 3.21. The molecule has 0 unspecified atom stereocenters. The molecular weight excluding hydrogens is 400 g/mol. The molecule has 0 bridgehead atoms. The summed E-state index contributed by atoms with van der Waals surface area (Å²) in [5.41, 5.74) is 0. The zero-order chi connectivity index (χ0) is 21.8. The predicted octanol–water partition coefficient (Wildman–Crippen LogP) is 8.03. The third-order valence-corrected chi connectivity index (χ3v) is 6.15. The fourth-order valence-corrected chi connectivity index (χ4v) is 4.62. The van der Waals surface area contributed by atoms with Crippen LogP contribution in [-0.4, -0.2) is 32.9 Å². The van der Waals surface area contributed by atoms with Gasteiger partial charge in [-0.3, -0.25) is 4.79 Å². The maximum Gasteiger partial charge on any atom is 0.305 e. The van der Waals surface area contributed by atoms with Gasteiger partial charge in [0.1, 0.15) is 6.61 Å². The van der Waals surface area contributed by atoms with Crippen molar-refractivity contribution >= 4 is 25.9 Å². The highest BCUT2D eigenvalue weighted by molar-refractivity contribution is 6.69. The number of carbonyl (C=O) groups is 1. The molecular formula is C24H47ClO3Si. The van der Waals surface area contributed by atoms with E-state index in [1.165, 1.54) is 70.6 Å². The Morgan fingerprint density at radius 1 is 0.862 bits per heavy atom. The summed E-state index contributed by atoms with van der Waals surface area (Å²) in [5.74, 6) is 0.238. The second-order valence-electron chi connectivity index (χ2n) is 9.02. The number of esters is 1. The van der Waals surface area contributed by atoms with Crippen molar-refractivity contribution in [1.29, 1.82) is 0 Å². The van der Waals surface area contributed by atoms with Crippen LogP contribution < -0.4 is 0 Å². The molecule has 0 spiro atoms. The van der Waals surface area contributed by atoms with Crippen LogP contribution in [0.15, 0.2) is 12.2 Å². The first kappa shape index (κ1) is 28.7. The van der Waals surface area contributed by atoms with E-state index < -0.39 is 8.32 Å². The largest absolute Gasteiger partial charge is 0.463 e. The number of carbonyl (C=O) groups excluding carboxylic acids is 1. The van der Waals surface area contributed by atoms with Crippen molar-refractivity contribution in [3.05, 3.63) is 12.2 Å². The molecule has 0 N–H and O–H groups in total. The average molecular weight is 447 g/mol. The molecule has 172 valence electrons. The van der Waals surface area contributed by atoms with Gasteiger partial charge in [-0.05, 0) is 51.7 Å². The molecule has 0 rings (SSSR count). The van der Waals surface area contributed by atoms with Crippen LogP contribution in [0.25, 0.3) is 0 Å². The topological polar surface area (TPSA) is 35.5 Å². The molecule has 0 saturated carbocycles. The molecule has 0 heterocycles. The van der Waals surface area contributed by atoms with Gasteiger partial charge in [0.05, 0.1) is 12.0 Å². The Morgan fingerprint density at radius 2 is 1.38 bits per heavy atom. The van der Waals surface area contributed by atoms with Crippen LogP contribution in [-0.2, 0) is 14.0 Å². The van der Waals surface area contributed by atoms with Crippen LogP contribution in [0.2, 0.25) is 19.6 Å². The van der Waals surface area contributed by atoms with Crippen molar-refractivity contribution in [3.8, 4) is 0 Å². The number of alkyl halides is 1.